The molecule has 154 valence electrons. The number of aromatic nitrogens is 1. The van der Waals surface area contributed by atoms with E-state index in [1.54, 1.807) is 12.3 Å². The number of carbonyl (C=O) groups is 2. The van der Waals surface area contributed by atoms with Crippen LogP contribution in [0, 0.1) is 0 Å². The minimum Gasteiger partial charge on any atom is -0.356 e. The van der Waals surface area contributed by atoms with E-state index in [9.17, 15) is 9.59 Å². The van der Waals surface area contributed by atoms with Gasteiger partial charge in [0.15, 0.2) is 0 Å². The number of amides is 2. The molecular formula is C23H30N4O2. The Balaban J connectivity index is 1.66. The van der Waals surface area contributed by atoms with Crippen molar-refractivity contribution in [3.05, 3.63) is 53.7 Å². The average Bonchev–Trinajstić information content (AvgIpc) is 2.76. The van der Waals surface area contributed by atoms with Crippen LogP contribution in [0.1, 0.15) is 49.0 Å². The van der Waals surface area contributed by atoms with Gasteiger partial charge in [-0.1, -0.05) is 12.1 Å². The molecular weight excluding hydrogens is 364 g/mol. The zero-order valence-corrected chi connectivity index (χ0v) is 17.4. The number of carbonyl (C=O) groups excluding carboxylic acids is 2. The smallest absolute Gasteiger partial charge is 0.259 e. The Hall–Kier alpha value is -2.89. The molecule has 2 amide bonds. The maximum atomic E-state index is 12.9. The predicted molar refractivity (Wildman–Crippen MR) is 116 cm³/mol. The molecule has 0 unspecified atom stereocenters. The third-order valence-electron chi connectivity index (χ3n) is 5.37. The number of hydrogen-bond donors (Lipinski definition) is 1. The second-order valence-corrected chi connectivity index (χ2v) is 7.32. The summed E-state index contributed by atoms with van der Waals surface area (Å²) in [6.07, 6.45) is 5.60. The molecule has 0 aliphatic carbocycles. The summed E-state index contributed by atoms with van der Waals surface area (Å²) < 4.78 is 0. The molecule has 1 saturated heterocycles. The van der Waals surface area contributed by atoms with E-state index < -0.39 is 0 Å². The Labute approximate surface area is 172 Å². The fourth-order valence-electron chi connectivity index (χ4n) is 3.70. The predicted octanol–water partition coefficient (Wildman–Crippen LogP) is 3.74. The molecule has 0 spiro atoms. The average molecular weight is 395 g/mol. The lowest BCUT2D eigenvalue weighted by Crippen LogP contribution is -2.32. The zero-order chi connectivity index (χ0) is 20.6. The molecule has 0 radical (unpaired) electrons. The molecule has 6 heteroatoms. The van der Waals surface area contributed by atoms with Crippen LogP contribution in [0.2, 0.25) is 0 Å². The van der Waals surface area contributed by atoms with Gasteiger partial charge in [-0.2, -0.15) is 0 Å². The van der Waals surface area contributed by atoms with E-state index in [4.69, 9.17) is 0 Å². The van der Waals surface area contributed by atoms with Gasteiger partial charge in [0.2, 0.25) is 5.91 Å². The summed E-state index contributed by atoms with van der Waals surface area (Å²) in [5.41, 5.74) is 2.24. The van der Waals surface area contributed by atoms with E-state index >= 15 is 0 Å². The van der Waals surface area contributed by atoms with E-state index in [0.717, 1.165) is 37.3 Å². The highest BCUT2D eigenvalue weighted by atomic mass is 16.2. The summed E-state index contributed by atoms with van der Waals surface area (Å²) in [5.74, 6) is 0.713. The molecule has 1 aliphatic rings. The number of pyridine rings is 1. The van der Waals surface area contributed by atoms with E-state index in [1.165, 1.54) is 6.42 Å². The van der Waals surface area contributed by atoms with Crippen LogP contribution in [0.15, 0.2) is 42.6 Å². The fourth-order valence-corrected chi connectivity index (χ4v) is 3.70. The third-order valence-corrected chi connectivity index (χ3v) is 5.37. The van der Waals surface area contributed by atoms with Crippen LogP contribution in [0.25, 0.3) is 0 Å². The van der Waals surface area contributed by atoms with Crippen LogP contribution in [0.5, 0.6) is 0 Å². The summed E-state index contributed by atoms with van der Waals surface area (Å²) in [6.45, 7) is 7.27. The lowest BCUT2D eigenvalue weighted by Gasteiger charge is -2.29. The molecule has 1 N–H and O–H groups in total. The van der Waals surface area contributed by atoms with E-state index in [1.807, 2.05) is 49.1 Å². The van der Waals surface area contributed by atoms with Gasteiger partial charge in [0.1, 0.15) is 5.82 Å². The molecule has 1 aliphatic heterocycles. The van der Waals surface area contributed by atoms with Gasteiger partial charge >= 0.3 is 0 Å². The number of piperidine rings is 1. The SMILES string of the molecule is CCN(CC)C(=O)Cc1ccc(NC(=O)c2cccnc2N2CCCCC2)cc1. The number of rotatable bonds is 7. The Kier molecular flexibility index (Phi) is 7.22. The van der Waals surface area contributed by atoms with Gasteiger partial charge in [-0.15, -0.1) is 0 Å². The van der Waals surface area contributed by atoms with Gasteiger partial charge in [0.05, 0.1) is 12.0 Å². The molecule has 0 bridgehead atoms. The highest BCUT2D eigenvalue weighted by molar-refractivity contribution is 6.07. The molecule has 2 heterocycles. The number of hydrogen-bond acceptors (Lipinski definition) is 4. The molecule has 1 aromatic carbocycles. The number of anilines is 2. The van der Waals surface area contributed by atoms with Gasteiger partial charge in [-0.05, 0) is 62.9 Å². The van der Waals surface area contributed by atoms with Crippen molar-refractivity contribution in [2.45, 2.75) is 39.5 Å². The Morgan fingerprint density at radius 2 is 1.72 bits per heavy atom. The normalized spacial score (nSPS) is 13.8. The Bertz CT molecular complexity index is 825. The monoisotopic (exact) mass is 394 g/mol. The van der Waals surface area contributed by atoms with Crippen molar-refractivity contribution in [1.29, 1.82) is 0 Å². The molecule has 0 saturated carbocycles. The minimum atomic E-state index is -0.161. The first-order valence-electron chi connectivity index (χ1n) is 10.5. The molecule has 3 rings (SSSR count). The molecule has 2 aromatic rings. The largest absolute Gasteiger partial charge is 0.356 e. The zero-order valence-electron chi connectivity index (χ0n) is 17.4. The van der Waals surface area contributed by atoms with Crippen molar-refractivity contribution in [2.24, 2.45) is 0 Å². The lowest BCUT2D eigenvalue weighted by atomic mass is 10.1. The summed E-state index contributed by atoms with van der Waals surface area (Å²) in [6, 6.07) is 11.1. The van der Waals surface area contributed by atoms with E-state index in [2.05, 4.69) is 15.2 Å². The second-order valence-electron chi connectivity index (χ2n) is 7.32. The quantitative estimate of drug-likeness (QED) is 0.777. The number of benzene rings is 1. The third kappa shape index (κ3) is 5.34. The lowest BCUT2D eigenvalue weighted by molar-refractivity contribution is -0.130. The number of nitrogens with zero attached hydrogens (tertiary/aromatic N) is 3. The summed E-state index contributed by atoms with van der Waals surface area (Å²) >= 11 is 0. The first-order chi connectivity index (χ1) is 14.1. The van der Waals surface area contributed by atoms with Gasteiger partial charge < -0.3 is 15.1 Å². The van der Waals surface area contributed by atoms with Crippen molar-refractivity contribution in [1.82, 2.24) is 9.88 Å². The fraction of sp³-hybridized carbons (Fsp3) is 0.435. The van der Waals surface area contributed by atoms with Crippen LogP contribution in [-0.2, 0) is 11.2 Å². The van der Waals surface area contributed by atoms with Crippen LogP contribution in [0.4, 0.5) is 11.5 Å². The molecule has 6 nitrogen and oxygen atoms in total. The first kappa shape index (κ1) is 20.8. The summed E-state index contributed by atoms with van der Waals surface area (Å²) in [7, 11) is 0. The minimum absolute atomic E-state index is 0.119. The molecule has 29 heavy (non-hydrogen) atoms. The maximum Gasteiger partial charge on any atom is 0.259 e. The van der Waals surface area contributed by atoms with Crippen molar-refractivity contribution in [3.8, 4) is 0 Å². The summed E-state index contributed by atoms with van der Waals surface area (Å²) in [5, 5.41) is 2.96. The van der Waals surface area contributed by atoms with Crippen molar-refractivity contribution in [3.63, 3.8) is 0 Å². The van der Waals surface area contributed by atoms with E-state index in [-0.39, 0.29) is 11.8 Å². The topological polar surface area (TPSA) is 65.5 Å². The standard InChI is InChI=1S/C23H30N4O2/c1-3-26(4-2)21(28)17-18-10-12-19(13-11-18)25-23(29)20-9-8-14-24-22(20)27-15-6-5-7-16-27/h8-14H,3-7,15-17H2,1-2H3,(H,25,29). The van der Waals surface area contributed by atoms with Gasteiger partial charge in [-0.25, -0.2) is 4.98 Å². The highest BCUT2D eigenvalue weighted by Gasteiger charge is 2.19. The Morgan fingerprint density at radius 1 is 1.03 bits per heavy atom. The number of nitrogens with one attached hydrogen (secondary N) is 1. The van der Waals surface area contributed by atoms with Crippen molar-refractivity contribution in [2.75, 3.05) is 36.4 Å². The van der Waals surface area contributed by atoms with Gasteiger partial charge in [-0.3, -0.25) is 9.59 Å². The van der Waals surface area contributed by atoms with Gasteiger partial charge in [0.25, 0.3) is 5.91 Å². The molecule has 1 fully saturated rings. The second kappa shape index (κ2) is 10.0. The van der Waals surface area contributed by atoms with Gasteiger partial charge in [0, 0.05) is 38.1 Å². The number of likely N-dealkylation sites (N-methyl/N-ethyl adjacent to an activating group) is 1. The highest BCUT2D eigenvalue weighted by Crippen LogP contribution is 2.23. The van der Waals surface area contributed by atoms with Crippen LogP contribution >= 0.6 is 0 Å². The van der Waals surface area contributed by atoms with Crippen molar-refractivity contribution >= 4 is 23.3 Å². The van der Waals surface area contributed by atoms with Crippen LogP contribution in [-0.4, -0.2) is 47.9 Å². The van der Waals surface area contributed by atoms with E-state index in [0.29, 0.717) is 30.8 Å². The Morgan fingerprint density at radius 3 is 2.38 bits per heavy atom. The first-order valence-corrected chi connectivity index (χ1v) is 10.5. The van der Waals surface area contributed by atoms with Crippen LogP contribution in [0.3, 0.4) is 0 Å². The van der Waals surface area contributed by atoms with Crippen LogP contribution < -0.4 is 10.2 Å². The summed E-state index contributed by atoms with van der Waals surface area (Å²) in [4.78, 5) is 33.6. The van der Waals surface area contributed by atoms with Crippen molar-refractivity contribution < 1.29 is 9.59 Å². The molecule has 1 aromatic heterocycles. The maximum absolute atomic E-state index is 12.9. The molecule has 0 atom stereocenters.